The van der Waals surface area contributed by atoms with Crippen molar-refractivity contribution >= 4 is 6.03 Å². The van der Waals surface area contributed by atoms with Crippen LogP contribution < -0.4 is 10.6 Å². The van der Waals surface area contributed by atoms with E-state index in [0.29, 0.717) is 6.42 Å². The van der Waals surface area contributed by atoms with Crippen molar-refractivity contribution in [2.75, 3.05) is 6.61 Å². The molecular weight excluding hydrogens is 283 g/mol. The first-order chi connectivity index (χ1) is 10.5. The Bertz CT molecular complexity index is 519. The van der Waals surface area contributed by atoms with Gasteiger partial charge in [-0.25, -0.2) is 9.18 Å². The second kappa shape index (κ2) is 7.58. The summed E-state index contributed by atoms with van der Waals surface area (Å²) in [6.45, 7) is 4.08. The number of hydrogen-bond donors (Lipinski definition) is 3. The number of aliphatic hydroxyl groups is 1. The quantitative estimate of drug-likeness (QED) is 0.783. The highest BCUT2D eigenvalue weighted by Crippen LogP contribution is 2.30. The van der Waals surface area contributed by atoms with Gasteiger partial charge >= 0.3 is 6.03 Å². The van der Waals surface area contributed by atoms with E-state index in [0.717, 1.165) is 30.4 Å². The normalized spacial score (nSPS) is 18.7. The molecule has 2 unspecified atom stereocenters. The van der Waals surface area contributed by atoms with Gasteiger partial charge < -0.3 is 15.7 Å². The number of hydrogen-bond acceptors (Lipinski definition) is 2. The fourth-order valence-corrected chi connectivity index (χ4v) is 3.01. The van der Waals surface area contributed by atoms with E-state index in [2.05, 4.69) is 10.6 Å². The van der Waals surface area contributed by atoms with E-state index in [9.17, 15) is 9.18 Å². The monoisotopic (exact) mass is 308 g/mol. The molecule has 0 fully saturated rings. The third-order valence-corrected chi connectivity index (χ3v) is 4.29. The van der Waals surface area contributed by atoms with E-state index in [4.69, 9.17) is 5.11 Å². The molecule has 5 heteroatoms. The first-order valence-electron chi connectivity index (χ1n) is 7.97. The average molecular weight is 308 g/mol. The smallest absolute Gasteiger partial charge is 0.315 e. The second-order valence-corrected chi connectivity index (χ2v) is 6.27. The Morgan fingerprint density at radius 2 is 2.23 bits per heavy atom. The van der Waals surface area contributed by atoms with Gasteiger partial charge in [-0.2, -0.15) is 0 Å². The van der Waals surface area contributed by atoms with Gasteiger partial charge in [0.15, 0.2) is 0 Å². The molecule has 1 aromatic carbocycles. The van der Waals surface area contributed by atoms with Crippen LogP contribution in [0.15, 0.2) is 18.2 Å². The largest absolute Gasteiger partial charge is 0.396 e. The van der Waals surface area contributed by atoms with Crippen molar-refractivity contribution < 1.29 is 14.3 Å². The molecule has 2 rings (SSSR count). The van der Waals surface area contributed by atoms with Gasteiger partial charge in [0.05, 0.1) is 6.04 Å². The summed E-state index contributed by atoms with van der Waals surface area (Å²) in [4.78, 5) is 12.2. The van der Waals surface area contributed by atoms with Crippen molar-refractivity contribution in [1.29, 1.82) is 0 Å². The molecule has 1 aliphatic rings. The van der Waals surface area contributed by atoms with Crippen LogP contribution in [0.1, 0.15) is 50.3 Å². The van der Waals surface area contributed by atoms with Crippen molar-refractivity contribution in [3.8, 4) is 0 Å². The van der Waals surface area contributed by atoms with E-state index in [-0.39, 0.29) is 36.5 Å². The first-order valence-corrected chi connectivity index (χ1v) is 7.97. The number of halogens is 1. The van der Waals surface area contributed by atoms with Crippen LogP contribution >= 0.6 is 0 Å². The van der Waals surface area contributed by atoms with Gasteiger partial charge in [-0.15, -0.1) is 0 Å². The minimum atomic E-state index is -0.230. The molecule has 0 bridgehead atoms. The molecule has 122 valence electrons. The fraction of sp³-hybridized carbons (Fsp3) is 0.588. The molecule has 3 N–H and O–H groups in total. The third-order valence-electron chi connectivity index (χ3n) is 4.29. The Morgan fingerprint density at radius 3 is 2.91 bits per heavy atom. The lowest BCUT2D eigenvalue weighted by Gasteiger charge is -2.28. The Labute approximate surface area is 131 Å². The summed E-state index contributed by atoms with van der Waals surface area (Å²) in [6.07, 6.45) is 3.19. The highest BCUT2D eigenvalue weighted by atomic mass is 19.1. The van der Waals surface area contributed by atoms with Crippen LogP contribution in [0.2, 0.25) is 0 Å². The Balaban J connectivity index is 2.01. The van der Waals surface area contributed by atoms with Crippen LogP contribution in [0.4, 0.5) is 9.18 Å². The van der Waals surface area contributed by atoms with Gasteiger partial charge in [0.25, 0.3) is 0 Å². The predicted octanol–water partition coefficient (Wildman–Crippen LogP) is 2.91. The summed E-state index contributed by atoms with van der Waals surface area (Å²) >= 11 is 0. The minimum absolute atomic E-state index is 0.0503. The van der Waals surface area contributed by atoms with Crippen LogP contribution in [-0.2, 0) is 6.42 Å². The van der Waals surface area contributed by atoms with E-state index >= 15 is 0 Å². The van der Waals surface area contributed by atoms with Crippen LogP contribution in [0.3, 0.4) is 0 Å². The molecule has 1 aliphatic carbocycles. The van der Waals surface area contributed by atoms with Gasteiger partial charge in [-0.1, -0.05) is 19.9 Å². The maximum absolute atomic E-state index is 13.3. The second-order valence-electron chi connectivity index (χ2n) is 6.27. The van der Waals surface area contributed by atoms with Crippen molar-refractivity contribution in [3.05, 3.63) is 35.1 Å². The number of amides is 2. The van der Waals surface area contributed by atoms with E-state index in [1.807, 2.05) is 13.8 Å². The molecule has 2 atom stereocenters. The Kier molecular flexibility index (Phi) is 5.77. The molecule has 22 heavy (non-hydrogen) atoms. The van der Waals surface area contributed by atoms with Gasteiger partial charge in [-0.05, 0) is 54.9 Å². The summed E-state index contributed by atoms with van der Waals surface area (Å²) in [5.41, 5.74) is 1.98. The zero-order chi connectivity index (χ0) is 16.1. The summed E-state index contributed by atoms with van der Waals surface area (Å²) in [7, 11) is 0. The summed E-state index contributed by atoms with van der Waals surface area (Å²) in [5, 5.41) is 15.0. The number of carbonyl (C=O) groups is 1. The molecule has 0 saturated heterocycles. The predicted molar refractivity (Wildman–Crippen MR) is 84.1 cm³/mol. The zero-order valence-corrected chi connectivity index (χ0v) is 13.2. The summed E-state index contributed by atoms with van der Waals surface area (Å²) in [5.74, 6) is 0.0253. The number of aryl methyl sites for hydroxylation is 1. The lowest BCUT2D eigenvalue weighted by molar-refractivity contribution is 0.215. The van der Waals surface area contributed by atoms with Gasteiger partial charge in [-0.3, -0.25) is 0 Å². The van der Waals surface area contributed by atoms with Gasteiger partial charge in [0, 0.05) is 12.6 Å². The SMILES string of the molecule is CC(C)C(CCO)NC(=O)NC1CCCc2cc(F)ccc21. The third kappa shape index (κ3) is 4.19. The van der Waals surface area contributed by atoms with Crippen LogP contribution in [0.25, 0.3) is 0 Å². The lowest BCUT2D eigenvalue weighted by Crippen LogP contribution is -2.46. The molecule has 0 spiro atoms. The Morgan fingerprint density at radius 1 is 1.45 bits per heavy atom. The first kappa shape index (κ1) is 16.7. The molecule has 2 amide bonds. The number of nitrogens with one attached hydrogen (secondary N) is 2. The van der Waals surface area contributed by atoms with Gasteiger partial charge in [0.2, 0.25) is 0 Å². The minimum Gasteiger partial charge on any atom is -0.396 e. The molecule has 0 heterocycles. The number of rotatable bonds is 5. The highest BCUT2D eigenvalue weighted by molar-refractivity contribution is 5.75. The molecule has 0 aromatic heterocycles. The Hall–Kier alpha value is -1.62. The van der Waals surface area contributed by atoms with E-state index < -0.39 is 0 Å². The topological polar surface area (TPSA) is 61.4 Å². The van der Waals surface area contributed by atoms with E-state index in [1.165, 1.54) is 6.07 Å². The number of urea groups is 1. The summed E-state index contributed by atoms with van der Waals surface area (Å²) < 4.78 is 13.3. The van der Waals surface area contributed by atoms with Crippen LogP contribution in [0, 0.1) is 11.7 Å². The lowest BCUT2D eigenvalue weighted by atomic mass is 9.87. The van der Waals surface area contributed by atoms with Gasteiger partial charge in [0.1, 0.15) is 5.82 Å². The van der Waals surface area contributed by atoms with E-state index in [1.54, 1.807) is 12.1 Å². The highest BCUT2D eigenvalue weighted by Gasteiger charge is 2.23. The number of aliphatic hydroxyl groups excluding tert-OH is 1. The van der Waals surface area contributed by atoms with Crippen LogP contribution in [0.5, 0.6) is 0 Å². The summed E-state index contributed by atoms with van der Waals surface area (Å²) in [6, 6.07) is 4.41. The van der Waals surface area contributed by atoms with Crippen molar-refractivity contribution in [2.45, 2.75) is 51.6 Å². The number of benzene rings is 1. The molecule has 0 aliphatic heterocycles. The fourth-order valence-electron chi connectivity index (χ4n) is 3.01. The average Bonchev–Trinajstić information content (AvgIpc) is 2.46. The van der Waals surface area contributed by atoms with Crippen molar-refractivity contribution in [1.82, 2.24) is 10.6 Å². The van der Waals surface area contributed by atoms with Crippen molar-refractivity contribution in [2.24, 2.45) is 5.92 Å². The zero-order valence-electron chi connectivity index (χ0n) is 13.2. The standard InChI is InChI=1S/C17H25FN2O2/c1-11(2)15(8-9-21)19-17(22)20-16-5-3-4-12-10-13(18)6-7-14(12)16/h6-7,10-11,15-16,21H,3-5,8-9H2,1-2H3,(H2,19,20,22). The van der Waals surface area contributed by atoms with Crippen LogP contribution in [-0.4, -0.2) is 23.8 Å². The molecular formula is C17H25FN2O2. The molecule has 4 nitrogen and oxygen atoms in total. The molecule has 1 aromatic rings. The molecule has 0 saturated carbocycles. The van der Waals surface area contributed by atoms with Crippen molar-refractivity contribution in [3.63, 3.8) is 0 Å². The maximum atomic E-state index is 13.3. The molecule has 0 radical (unpaired) electrons. The number of fused-ring (bicyclic) bond motifs is 1. The number of carbonyl (C=O) groups excluding carboxylic acids is 1. The maximum Gasteiger partial charge on any atom is 0.315 e.